The van der Waals surface area contributed by atoms with Crippen molar-refractivity contribution in [1.29, 1.82) is 5.26 Å². The predicted molar refractivity (Wildman–Crippen MR) is 130 cm³/mol. The van der Waals surface area contributed by atoms with Crippen molar-refractivity contribution in [1.82, 2.24) is 10.3 Å². The van der Waals surface area contributed by atoms with Crippen LogP contribution in [0.5, 0.6) is 0 Å². The van der Waals surface area contributed by atoms with Crippen LogP contribution in [0, 0.1) is 11.3 Å². The molecule has 0 spiro atoms. The van der Waals surface area contributed by atoms with Crippen LogP contribution in [0.4, 0.5) is 4.39 Å². The lowest BCUT2D eigenvalue weighted by atomic mass is 9.91. The van der Waals surface area contributed by atoms with Crippen LogP contribution in [-0.4, -0.2) is 24.2 Å². The molecule has 1 fully saturated rings. The highest BCUT2D eigenvalue weighted by Gasteiger charge is 2.13. The van der Waals surface area contributed by atoms with Crippen molar-refractivity contribution in [3.63, 3.8) is 0 Å². The zero-order valence-corrected chi connectivity index (χ0v) is 19.5. The standard InChI is InChI=1S/C21H16Cl2N2.C5H10FN/c1-14(16-6-4-15(13-24)5-7-16)9-17-3-2-8-25-21(17)18-10-19(22)12-20(23)11-18;6-5-1-3-7-4-2-5/h2-8,10-12,14H,9H2,1H3;5,7H,1-4H2. The summed E-state index contributed by atoms with van der Waals surface area (Å²) >= 11 is 12.3. The second kappa shape index (κ2) is 12.0. The highest BCUT2D eigenvalue weighted by Crippen LogP contribution is 2.31. The molecular formula is C26H26Cl2FN3. The van der Waals surface area contributed by atoms with E-state index in [0.29, 0.717) is 34.4 Å². The van der Waals surface area contributed by atoms with Gasteiger partial charge in [0.15, 0.2) is 0 Å². The van der Waals surface area contributed by atoms with E-state index in [9.17, 15) is 4.39 Å². The van der Waals surface area contributed by atoms with E-state index in [4.69, 9.17) is 28.5 Å². The van der Waals surface area contributed by atoms with Gasteiger partial charge in [0.05, 0.1) is 17.3 Å². The quantitative estimate of drug-likeness (QED) is 0.448. The fourth-order valence-electron chi connectivity index (χ4n) is 3.67. The van der Waals surface area contributed by atoms with Crippen molar-refractivity contribution < 1.29 is 4.39 Å². The molecule has 0 aliphatic carbocycles. The van der Waals surface area contributed by atoms with Crippen LogP contribution >= 0.6 is 23.2 Å². The lowest BCUT2D eigenvalue weighted by Gasteiger charge is -2.15. The smallest absolute Gasteiger partial charge is 0.103 e. The first-order valence-corrected chi connectivity index (χ1v) is 11.5. The first-order chi connectivity index (χ1) is 15.5. The van der Waals surface area contributed by atoms with E-state index < -0.39 is 6.17 Å². The molecule has 3 aromatic rings. The first kappa shape index (κ1) is 24.2. The number of halogens is 3. The summed E-state index contributed by atoms with van der Waals surface area (Å²) in [5, 5.41) is 13.2. The summed E-state index contributed by atoms with van der Waals surface area (Å²) in [5.74, 6) is 0.297. The maximum absolute atomic E-state index is 12.1. The lowest BCUT2D eigenvalue weighted by Crippen LogP contribution is -2.28. The minimum absolute atomic E-state index is 0.297. The van der Waals surface area contributed by atoms with Crippen LogP contribution in [0.3, 0.4) is 0 Å². The van der Waals surface area contributed by atoms with E-state index in [0.717, 1.165) is 36.3 Å². The number of nitriles is 1. The third kappa shape index (κ3) is 7.03. The van der Waals surface area contributed by atoms with E-state index in [1.54, 1.807) is 12.3 Å². The molecule has 32 heavy (non-hydrogen) atoms. The van der Waals surface area contributed by atoms with Crippen LogP contribution in [0.1, 0.15) is 42.4 Å². The summed E-state index contributed by atoms with van der Waals surface area (Å²) in [5.41, 5.74) is 4.81. The minimum Gasteiger partial charge on any atom is -0.317 e. The van der Waals surface area contributed by atoms with Gasteiger partial charge in [-0.05, 0) is 85.8 Å². The molecule has 1 aromatic heterocycles. The molecule has 0 saturated carbocycles. The van der Waals surface area contributed by atoms with E-state index >= 15 is 0 Å². The Morgan fingerprint density at radius 2 is 1.75 bits per heavy atom. The van der Waals surface area contributed by atoms with Gasteiger partial charge in [0.25, 0.3) is 0 Å². The van der Waals surface area contributed by atoms with E-state index in [2.05, 4.69) is 29.4 Å². The van der Waals surface area contributed by atoms with E-state index in [1.165, 1.54) is 5.56 Å². The average Bonchev–Trinajstić information content (AvgIpc) is 2.80. The number of rotatable bonds is 4. The number of benzene rings is 2. The van der Waals surface area contributed by atoms with Crippen molar-refractivity contribution in [3.8, 4) is 17.3 Å². The summed E-state index contributed by atoms with van der Waals surface area (Å²) in [7, 11) is 0. The summed E-state index contributed by atoms with van der Waals surface area (Å²) in [6.07, 6.45) is 3.50. The van der Waals surface area contributed by atoms with E-state index in [1.807, 2.05) is 42.5 Å². The summed E-state index contributed by atoms with van der Waals surface area (Å²) in [6, 6.07) is 19.4. The zero-order valence-electron chi connectivity index (χ0n) is 18.0. The van der Waals surface area contributed by atoms with Gasteiger partial charge in [-0.1, -0.05) is 48.3 Å². The fourth-order valence-corrected chi connectivity index (χ4v) is 4.20. The van der Waals surface area contributed by atoms with Gasteiger partial charge < -0.3 is 5.32 Å². The Morgan fingerprint density at radius 3 is 2.31 bits per heavy atom. The summed E-state index contributed by atoms with van der Waals surface area (Å²) in [4.78, 5) is 4.54. The van der Waals surface area contributed by atoms with Crippen LogP contribution < -0.4 is 5.32 Å². The Morgan fingerprint density at radius 1 is 1.09 bits per heavy atom. The molecule has 1 saturated heterocycles. The fraction of sp³-hybridized carbons (Fsp3) is 0.308. The molecule has 2 heterocycles. The van der Waals surface area contributed by atoms with Crippen LogP contribution in [-0.2, 0) is 6.42 Å². The number of piperidine rings is 1. The van der Waals surface area contributed by atoms with Gasteiger partial charge in [0.1, 0.15) is 6.17 Å². The molecule has 1 aliphatic heterocycles. The Hall–Kier alpha value is -2.45. The van der Waals surface area contributed by atoms with Gasteiger partial charge in [0, 0.05) is 21.8 Å². The molecule has 0 amide bonds. The monoisotopic (exact) mass is 469 g/mol. The van der Waals surface area contributed by atoms with Gasteiger partial charge >= 0.3 is 0 Å². The largest absolute Gasteiger partial charge is 0.317 e. The maximum Gasteiger partial charge on any atom is 0.103 e. The van der Waals surface area contributed by atoms with Gasteiger partial charge in [0.2, 0.25) is 0 Å². The maximum atomic E-state index is 12.1. The molecule has 1 N–H and O–H groups in total. The zero-order chi connectivity index (χ0) is 22.9. The van der Waals surface area contributed by atoms with Gasteiger partial charge in [-0.25, -0.2) is 4.39 Å². The summed E-state index contributed by atoms with van der Waals surface area (Å²) in [6.45, 7) is 3.89. The van der Waals surface area contributed by atoms with Gasteiger partial charge in [-0.2, -0.15) is 5.26 Å². The normalized spacial score (nSPS) is 14.7. The Labute approximate surface area is 199 Å². The van der Waals surface area contributed by atoms with Gasteiger partial charge in [-0.3, -0.25) is 4.98 Å². The summed E-state index contributed by atoms with van der Waals surface area (Å²) < 4.78 is 12.1. The Balaban J connectivity index is 0.000000352. The lowest BCUT2D eigenvalue weighted by molar-refractivity contribution is 0.262. The molecule has 4 rings (SSSR count). The first-order valence-electron chi connectivity index (χ1n) is 10.7. The minimum atomic E-state index is -0.527. The van der Waals surface area contributed by atoms with Crippen molar-refractivity contribution in [2.75, 3.05) is 13.1 Å². The number of hydrogen-bond acceptors (Lipinski definition) is 3. The molecule has 3 nitrogen and oxygen atoms in total. The molecule has 6 heteroatoms. The number of pyridine rings is 1. The predicted octanol–water partition coefficient (Wildman–Crippen LogP) is 6.98. The Kier molecular flexibility index (Phi) is 9.05. The molecular weight excluding hydrogens is 444 g/mol. The van der Waals surface area contributed by atoms with Crippen LogP contribution in [0.25, 0.3) is 11.3 Å². The van der Waals surface area contributed by atoms with E-state index in [-0.39, 0.29) is 0 Å². The van der Waals surface area contributed by atoms with Crippen molar-refractivity contribution in [2.24, 2.45) is 0 Å². The number of nitrogens with one attached hydrogen (secondary N) is 1. The Bertz CT molecular complexity index is 1040. The topological polar surface area (TPSA) is 48.7 Å². The second-order valence-corrected chi connectivity index (χ2v) is 8.81. The molecule has 0 bridgehead atoms. The third-order valence-corrected chi connectivity index (χ3v) is 5.87. The van der Waals surface area contributed by atoms with Crippen molar-refractivity contribution >= 4 is 23.2 Å². The van der Waals surface area contributed by atoms with Crippen molar-refractivity contribution in [3.05, 3.63) is 87.5 Å². The highest BCUT2D eigenvalue weighted by molar-refractivity contribution is 6.35. The molecule has 2 aromatic carbocycles. The number of hydrogen-bond donors (Lipinski definition) is 1. The number of aromatic nitrogens is 1. The van der Waals surface area contributed by atoms with Crippen molar-refractivity contribution in [2.45, 2.75) is 38.3 Å². The number of nitrogens with zero attached hydrogens (tertiary/aromatic N) is 2. The third-order valence-electron chi connectivity index (χ3n) is 5.43. The second-order valence-electron chi connectivity index (χ2n) is 7.93. The van der Waals surface area contributed by atoms with Crippen LogP contribution in [0.15, 0.2) is 60.8 Å². The molecule has 1 aliphatic rings. The molecule has 1 atom stereocenters. The SMILES string of the molecule is CC(Cc1cccnc1-c1cc(Cl)cc(Cl)c1)c1ccc(C#N)cc1.FC1CCNCC1. The molecule has 166 valence electrons. The molecule has 1 unspecified atom stereocenters. The number of alkyl halides is 1. The van der Waals surface area contributed by atoms with Gasteiger partial charge in [-0.15, -0.1) is 0 Å². The average molecular weight is 470 g/mol. The molecule has 0 radical (unpaired) electrons. The highest BCUT2D eigenvalue weighted by atomic mass is 35.5. The van der Waals surface area contributed by atoms with Crippen LogP contribution in [0.2, 0.25) is 10.0 Å².